The standard InChI is InChI=1S/C19H22N2O/c1-15-9-11-16(12-10-15)14-21-13-5-4-8-18(21)20-19(22)17-6-2-3-7-17/h4-5,8-13,17H,2-3,6-7,14H2,1H3. The molecule has 0 bridgehead atoms. The van der Waals surface area contributed by atoms with Crippen LogP contribution in [0.1, 0.15) is 36.8 Å². The van der Waals surface area contributed by atoms with E-state index in [4.69, 9.17) is 0 Å². The van der Waals surface area contributed by atoms with Crippen molar-refractivity contribution < 1.29 is 4.79 Å². The summed E-state index contributed by atoms with van der Waals surface area (Å²) in [6, 6.07) is 14.3. The van der Waals surface area contributed by atoms with Gasteiger partial charge < -0.3 is 4.57 Å². The summed E-state index contributed by atoms with van der Waals surface area (Å²) >= 11 is 0. The summed E-state index contributed by atoms with van der Waals surface area (Å²) in [5, 5.41) is 0. The summed E-state index contributed by atoms with van der Waals surface area (Å²) in [4.78, 5) is 16.7. The zero-order valence-corrected chi connectivity index (χ0v) is 13.0. The number of aryl methyl sites for hydroxylation is 1. The van der Waals surface area contributed by atoms with Gasteiger partial charge in [0, 0.05) is 18.7 Å². The number of benzene rings is 1. The summed E-state index contributed by atoms with van der Waals surface area (Å²) < 4.78 is 2.04. The topological polar surface area (TPSA) is 34.4 Å². The molecule has 0 aliphatic heterocycles. The van der Waals surface area contributed by atoms with Gasteiger partial charge in [0.25, 0.3) is 5.91 Å². The maximum atomic E-state index is 12.3. The van der Waals surface area contributed by atoms with Crippen LogP contribution in [-0.4, -0.2) is 10.5 Å². The first-order chi connectivity index (χ1) is 10.7. The maximum Gasteiger partial charge on any atom is 0.250 e. The number of hydrogen-bond acceptors (Lipinski definition) is 1. The number of aromatic nitrogens is 1. The molecule has 1 aliphatic rings. The quantitative estimate of drug-likeness (QED) is 0.853. The second-order valence-corrected chi connectivity index (χ2v) is 6.10. The molecule has 1 aromatic heterocycles. The lowest BCUT2D eigenvalue weighted by molar-refractivity contribution is -0.121. The van der Waals surface area contributed by atoms with Crippen molar-refractivity contribution >= 4 is 5.91 Å². The Morgan fingerprint density at radius 3 is 2.59 bits per heavy atom. The Morgan fingerprint density at radius 1 is 1.14 bits per heavy atom. The summed E-state index contributed by atoms with van der Waals surface area (Å²) in [5.41, 5.74) is 3.22. The lowest BCUT2D eigenvalue weighted by Crippen LogP contribution is -2.23. The molecule has 0 unspecified atom stereocenters. The summed E-state index contributed by atoms with van der Waals surface area (Å²) in [5.74, 6) is 0.175. The zero-order chi connectivity index (χ0) is 15.4. The summed E-state index contributed by atoms with van der Waals surface area (Å²) in [6.45, 7) is 2.82. The average molecular weight is 294 g/mol. The highest BCUT2D eigenvalue weighted by Gasteiger charge is 2.21. The molecule has 0 spiro atoms. The first-order valence-electron chi connectivity index (χ1n) is 8.02. The number of carbonyl (C=O) groups excluding carboxylic acids is 1. The normalized spacial score (nSPS) is 16.1. The highest BCUT2D eigenvalue weighted by molar-refractivity contribution is 5.79. The monoisotopic (exact) mass is 294 g/mol. The molecule has 1 amide bonds. The minimum absolute atomic E-state index is 0.0429. The largest absolute Gasteiger partial charge is 0.328 e. The van der Waals surface area contributed by atoms with Crippen molar-refractivity contribution in [2.75, 3.05) is 0 Å². The van der Waals surface area contributed by atoms with Crippen LogP contribution in [0.4, 0.5) is 0 Å². The maximum absolute atomic E-state index is 12.3. The Morgan fingerprint density at radius 2 is 1.86 bits per heavy atom. The van der Waals surface area contributed by atoms with Crippen LogP contribution >= 0.6 is 0 Å². The zero-order valence-electron chi connectivity index (χ0n) is 13.0. The molecule has 1 aliphatic carbocycles. The molecule has 0 saturated heterocycles. The molecule has 22 heavy (non-hydrogen) atoms. The number of carbonyl (C=O) groups is 1. The van der Waals surface area contributed by atoms with Gasteiger partial charge in [-0.1, -0.05) is 48.7 Å². The number of rotatable bonds is 3. The number of hydrogen-bond donors (Lipinski definition) is 0. The van der Waals surface area contributed by atoms with Gasteiger partial charge in [-0.25, -0.2) is 0 Å². The van der Waals surface area contributed by atoms with E-state index in [0.29, 0.717) is 0 Å². The van der Waals surface area contributed by atoms with Crippen LogP contribution < -0.4 is 5.49 Å². The molecular formula is C19H22N2O. The Bertz CT molecular complexity index is 707. The van der Waals surface area contributed by atoms with E-state index in [1.807, 2.05) is 29.0 Å². The molecule has 3 nitrogen and oxygen atoms in total. The van der Waals surface area contributed by atoms with E-state index < -0.39 is 0 Å². The Labute approximate surface area is 131 Å². The van der Waals surface area contributed by atoms with E-state index in [1.165, 1.54) is 11.1 Å². The lowest BCUT2D eigenvalue weighted by Gasteiger charge is -2.09. The molecular weight excluding hydrogens is 272 g/mol. The van der Waals surface area contributed by atoms with Gasteiger partial charge in [0.05, 0.1) is 0 Å². The number of pyridine rings is 1. The third-order valence-electron chi connectivity index (χ3n) is 4.32. The summed E-state index contributed by atoms with van der Waals surface area (Å²) in [6.07, 6.45) is 6.29. The Balaban J connectivity index is 1.85. The highest BCUT2D eigenvalue weighted by atomic mass is 16.1. The van der Waals surface area contributed by atoms with Crippen molar-refractivity contribution in [3.8, 4) is 0 Å². The van der Waals surface area contributed by atoms with Crippen LogP contribution in [0.2, 0.25) is 0 Å². The molecule has 0 radical (unpaired) electrons. The van der Waals surface area contributed by atoms with Gasteiger partial charge in [-0.15, -0.1) is 0 Å². The molecule has 114 valence electrons. The van der Waals surface area contributed by atoms with Gasteiger partial charge in [0.1, 0.15) is 5.49 Å². The average Bonchev–Trinajstić information content (AvgIpc) is 3.06. The fourth-order valence-electron chi connectivity index (χ4n) is 2.97. The predicted molar refractivity (Wildman–Crippen MR) is 87.2 cm³/mol. The molecule has 3 rings (SSSR count). The molecule has 1 heterocycles. The third-order valence-corrected chi connectivity index (χ3v) is 4.32. The van der Waals surface area contributed by atoms with Crippen LogP contribution in [0, 0.1) is 12.8 Å². The second kappa shape index (κ2) is 6.73. The van der Waals surface area contributed by atoms with E-state index in [0.717, 1.165) is 37.7 Å². The highest BCUT2D eigenvalue weighted by Crippen LogP contribution is 2.25. The minimum atomic E-state index is 0.0429. The molecule has 1 saturated carbocycles. The number of nitrogens with zero attached hydrogens (tertiary/aromatic N) is 2. The van der Waals surface area contributed by atoms with Gasteiger partial charge in [0.2, 0.25) is 0 Å². The minimum Gasteiger partial charge on any atom is -0.328 e. The van der Waals surface area contributed by atoms with Gasteiger partial charge in [-0.2, -0.15) is 4.99 Å². The van der Waals surface area contributed by atoms with E-state index in [1.54, 1.807) is 0 Å². The van der Waals surface area contributed by atoms with Gasteiger partial charge in [-0.3, -0.25) is 4.79 Å². The van der Waals surface area contributed by atoms with Crippen molar-refractivity contribution in [3.05, 3.63) is 65.3 Å². The van der Waals surface area contributed by atoms with Gasteiger partial charge in [0.15, 0.2) is 0 Å². The van der Waals surface area contributed by atoms with E-state index in [-0.39, 0.29) is 11.8 Å². The van der Waals surface area contributed by atoms with Crippen LogP contribution in [0.25, 0.3) is 0 Å². The first-order valence-corrected chi connectivity index (χ1v) is 8.02. The molecule has 1 fully saturated rings. The first kappa shape index (κ1) is 14.8. The summed E-state index contributed by atoms with van der Waals surface area (Å²) in [7, 11) is 0. The van der Waals surface area contributed by atoms with Crippen LogP contribution in [0.3, 0.4) is 0 Å². The van der Waals surface area contributed by atoms with Gasteiger partial charge >= 0.3 is 0 Å². The van der Waals surface area contributed by atoms with E-state index >= 15 is 0 Å². The second-order valence-electron chi connectivity index (χ2n) is 6.10. The van der Waals surface area contributed by atoms with Crippen molar-refractivity contribution in [2.45, 2.75) is 39.2 Å². The van der Waals surface area contributed by atoms with Gasteiger partial charge in [-0.05, 0) is 37.5 Å². The molecule has 1 aromatic carbocycles. The molecule has 2 aromatic rings. The SMILES string of the molecule is Cc1ccc(Cn2ccccc2=NC(=O)C2CCCC2)cc1. The fraction of sp³-hybridized carbons (Fsp3) is 0.368. The Hall–Kier alpha value is -2.16. The number of amides is 1. The van der Waals surface area contributed by atoms with Crippen LogP contribution in [-0.2, 0) is 11.3 Å². The van der Waals surface area contributed by atoms with E-state index in [2.05, 4.69) is 36.2 Å². The lowest BCUT2D eigenvalue weighted by atomic mass is 10.1. The molecule has 0 atom stereocenters. The van der Waals surface area contributed by atoms with Crippen LogP contribution in [0.5, 0.6) is 0 Å². The van der Waals surface area contributed by atoms with Crippen molar-refractivity contribution in [3.63, 3.8) is 0 Å². The van der Waals surface area contributed by atoms with Crippen molar-refractivity contribution in [1.29, 1.82) is 0 Å². The van der Waals surface area contributed by atoms with E-state index in [9.17, 15) is 4.79 Å². The smallest absolute Gasteiger partial charge is 0.250 e. The third kappa shape index (κ3) is 3.53. The molecule has 0 N–H and O–H groups in total. The van der Waals surface area contributed by atoms with Crippen LogP contribution in [0.15, 0.2) is 53.7 Å². The van der Waals surface area contributed by atoms with Crippen molar-refractivity contribution in [2.24, 2.45) is 10.9 Å². The molecule has 3 heteroatoms. The fourth-order valence-corrected chi connectivity index (χ4v) is 2.97. The van der Waals surface area contributed by atoms with Crippen molar-refractivity contribution in [1.82, 2.24) is 4.57 Å². The Kier molecular flexibility index (Phi) is 4.52. The predicted octanol–water partition coefficient (Wildman–Crippen LogP) is 3.46.